The fourth-order valence-corrected chi connectivity index (χ4v) is 5.70. The number of esters is 2. The lowest BCUT2D eigenvalue weighted by atomic mass is 9.95. The molecule has 0 N–H and O–H groups in total. The molecule has 0 saturated heterocycles. The molecule has 40 heavy (non-hydrogen) atoms. The van der Waals surface area contributed by atoms with Gasteiger partial charge in [0.1, 0.15) is 11.3 Å². The van der Waals surface area contributed by atoms with Crippen LogP contribution in [0.2, 0.25) is 0 Å². The van der Waals surface area contributed by atoms with Gasteiger partial charge >= 0.3 is 24.3 Å². The standard InChI is InChI=1S/C29H20F6O4S/c1-3-22(36)38-15-5-6-16-7-9-17(10-8-16)18-11-12-19-20-13-14-21(39-23(37)4-2)25(29(33,34)35)27(20)40-26(19)24(18)28(30,31)32/h3-4,7-14H,1-2,5-6,15H2. The summed E-state index contributed by atoms with van der Waals surface area (Å²) in [6.45, 7) is 6.61. The van der Waals surface area contributed by atoms with Crippen molar-refractivity contribution in [1.29, 1.82) is 0 Å². The smallest absolute Gasteiger partial charge is 0.421 e. The van der Waals surface area contributed by atoms with Gasteiger partial charge in [0.15, 0.2) is 0 Å². The minimum Gasteiger partial charge on any atom is -0.463 e. The summed E-state index contributed by atoms with van der Waals surface area (Å²) in [6.07, 6.45) is -7.18. The fourth-order valence-electron chi connectivity index (χ4n) is 4.27. The zero-order valence-corrected chi connectivity index (χ0v) is 21.4. The van der Waals surface area contributed by atoms with Crippen LogP contribution < -0.4 is 4.74 Å². The molecular weight excluding hydrogens is 558 g/mol. The second-order valence-electron chi connectivity index (χ2n) is 8.58. The second-order valence-corrected chi connectivity index (χ2v) is 9.60. The van der Waals surface area contributed by atoms with E-state index in [9.17, 15) is 35.9 Å². The predicted molar refractivity (Wildman–Crippen MR) is 140 cm³/mol. The molecular formula is C29H20F6O4S. The number of benzene rings is 3. The van der Waals surface area contributed by atoms with Gasteiger partial charge in [-0.15, -0.1) is 11.3 Å². The highest BCUT2D eigenvalue weighted by molar-refractivity contribution is 7.26. The summed E-state index contributed by atoms with van der Waals surface area (Å²) in [5, 5.41) is -0.0517. The van der Waals surface area contributed by atoms with E-state index in [0.29, 0.717) is 30.3 Å². The third kappa shape index (κ3) is 5.89. The molecule has 4 nitrogen and oxygen atoms in total. The lowest BCUT2D eigenvalue weighted by Crippen LogP contribution is -2.11. The lowest BCUT2D eigenvalue weighted by Gasteiger charge is -2.15. The second kappa shape index (κ2) is 11.2. The number of halogens is 6. The van der Waals surface area contributed by atoms with E-state index < -0.39 is 45.9 Å². The molecule has 0 aliphatic carbocycles. The Hall–Kier alpha value is -4.12. The van der Waals surface area contributed by atoms with Crippen molar-refractivity contribution in [2.24, 2.45) is 0 Å². The Labute approximate surface area is 228 Å². The first-order valence-corrected chi connectivity index (χ1v) is 12.6. The maximum absolute atomic E-state index is 14.5. The van der Waals surface area contributed by atoms with Crippen LogP contribution in [0.4, 0.5) is 26.3 Å². The van der Waals surface area contributed by atoms with Crippen molar-refractivity contribution >= 4 is 43.4 Å². The first-order chi connectivity index (χ1) is 18.8. The van der Waals surface area contributed by atoms with Crippen LogP contribution in [0.25, 0.3) is 31.3 Å². The van der Waals surface area contributed by atoms with Gasteiger partial charge in [0, 0.05) is 27.6 Å². The van der Waals surface area contributed by atoms with Crippen LogP contribution in [0.3, 0.4) is 0 Å². The third-order valence-electron chi connectivity index (χ3n) is 6.00. The number of thiophene rings is 1. The molecule has 0 amide bonds. The zero-order chi connectivity index (χ0) is 29.2. The van der Waals surface area contributed by atoms with Crippen molar-refractivity contribution in [2.45, 2.75) is 25.2 Å². The molecule has 4 rings (SSSR count). The molecule has 11 heteroatoms. The summed E-state index contributed by atoms with van der Waals surface area (Å²) in [7, 11) is 0. The number of fused-ring (bicyclic) bond motifs is 3. The fraction of sp³-hybridized carbons (Fsp3) is 0.172. The molecule has 208 valence electrons. The van der Waals surface area contributed by atoms with Gasteiger partial charge < -0.3 is 9.47 Å². The van der Waals surface area contributed by atoms with Gasteiger partial charge in [-0.1, -0.05) is 49.6 Å². The molecule has 0 aliphatic heterocycles. The Balaban J connectivity index is 1.81. The van der Waals surface area contributed by atoms with Crippen molar-refractivity contribution in [3.05, 3.63) is 90.5 Å². The van der Waals surface area contributed by atoms with Crippen LogP contribution in [0, 0.1) is 0 Å². The van der Waals surface area contributed by atoms with Gasteiger partial charge in [0.05, 0.1) is 16.9 Å². The van der Waals surface area contributed by atoms with Crippen molar-refractivity contribution in [3.63, 3.8) is 0 Å². The monoisotopic (exact) mass is 578 g/mol. The first kappa shape index (κ1) is 28.9. The van der Waals surface area contributed by atoms with Crippen molar-refractivity contribution < 1.29 is 45.4 Å². The van der Waals surface area contributed by atoms with E-state index in [4.69, 9.17) is 9.47 Å². The highest BCUT2D eigenvalue weighted by atomic mass is 32.1. The average molecular weight is 579 g/mol. The lowest BCUT2D eigenvalue weighted by molar-refractivity contribution is -0.140. The maximum atomic E-state index is 14.5. The van der Waals surface area contributed by atoms with Crippen molar-refractivity contribution in [3.8, 4) is 16.9 Å². The van der Waals surface area contributed by atoms with Crippen LogP contribution in [0.15, 0.2) is 73.8 Å². The normalized spacial score (nSPS) is 11.9. The summed E-state index contributed by atoms with van der Waals surface area (Å²) in [4.78, 5) is 22.7. The van der Waals surface area contributed by atoms with E-state index in [1.54, 1.807) is 12.1 Å². The minimum absolute atomic E-state index is 0.00568. The summed E-state index contributed by atoms with van der Waals surface area (Å²) in [5.74, 6) is -2.51. The molecule has 0 bridgehead atoms. The molecule has 3 aromatic carbocycles. The number of alkyl halides is 6. The topological polar surface area (TPSA) is 52.6 Å². The number of aryl methyl sites for hydroxylation is 1. The van der Waals surface area contributed by atoms with Gasteiger partial charge in [-0.05, 0) is 41.7 Å². The zero-order valence-electron chi connectivity index (χ0n) is 20.6. The van der Waals surface area contributed by atoms with Gasteiger partial charge in [-0.25, -0.2) is 9.59 Å². The van der Waals surface area contributed by atoms with Crippen LogP contribution in [0.1, 0.15) is 23.1 Å². The van der Waals surface area contributed by atoms with E-state index in [1.807, 2.05) is 0 Å². The number of hydrogen-bond donors (Lipinski definition) is 0. The summed E-state index contributed by atoms with van der Waals surface area (Å²) >= 11 is 0.342. The van der Waals surface area contributed by atoms with E-state index in [1.165, 1.54) is 30.3 Å². The molecule has 0 aliphatic rings. The Morgan fingerprint density at radius 1 is 0.775 bits per heavy atom. The predicted octanol–water partition coefficient (Wildman–Crippen LogP) is 8.51. The molecule has 1 heterocycles. The quantitative estimate of drug-likeness (QED) is 0.0692. The number of rotatable bonds is 8. The molecule has 1 aromatic heterocycles. The number of carbonyl (C=O) groups excluding carboxylic acids is 2. The van der Waals surface area contributed by atoms with Crippen LogP contribution in [-0.2, 0) is 33.1 Å². The van der Waals surface area contributed by atoms with Crippen molar-refractivity contribution in [2.75, 3.05) is 6.61 Å². The van der Waals surface area contributed by atoms with E-state index >= 15 is 0 Å². The Morgan fingerprint density at radius 3 is 1.93 bits per heavy atom. The summed E-state index contributed by atoms with van der Waals surface area (Å²) in [6, 6.07) is 11.0. The number of hydrogen-bond acceptors (Lipinski definition) is 5. The van der Waals surface area contributed by atoms with E-state index in [-0.39, 0.29) is 33.2 Å². The molecule has 0 atom stereocenters. The first-order valence-electron chi connectivity index (χ1n) is 11.7. The number of carbonyl (C=O) groups is 2. The van der Waals surface area contributed by atoms with E-state index in [2.05, 4.69) is 13.2 Å². The van der Waals surface area contributed by atoms with Gasteiger partial charge in [0.25, 0.3) is 0 Å². The highest BCUT2D eigenvalue weighted by Crippen LogP contribution is 2.51. The number of ether oxygens (including phenoxy) is 2. The Kier molecular flexibility index (Phi) is 8.06. The van der Waals surface area contributed by atoms with Crippen LogP contribution >= 0.6 is 11.3 Å². The minimum atomic E-state index is -5.02. The molecule has 4 aromatic rings. The highest BCUT2D eigenvalue weighted by Gasteiger charge is 2.40. The molecule has 0 saturated carbocycles. The molecule has 0 unspecified atom stereocenters. The van der Waals surface area contributed by atoms with Crippen LogP contribution in [-0.4, -0.2) is 18.5 Å². The van der Waals surface area contributed by atoms with Gasteiger partial charge in [-0.3, -0.25) is 0 Å². The van der Waals surface area contributed by atoms with E-state index in [0.717, 1.165) is 17.7 Å². The third-order valence-corrected chi connectivity index (χ3v) is 7.26. The Bertz CT molecular complexity index is 1610. The Morgan fingerprint density at radius 2 is 1.35 bits per heavy atom. The molecule has 0 radical (unpaired) electrons. The molecule has 0 fully saturated rings. The SMILES string of the molecule is C=CC(=O)OCCCc1ccc(-c2ccc3c(sc4c(C(F)(F)F)c(OC(=O)C=C)ccc43)c2C(F)(F)F)cc1. The maximum Gasteiger partial charge on any atom is 0.421 e. The van der Waals surface area contributed by atoms with Gasteiger partial charge in [0.2, 0.25) is 0 Å². The average Bonchev–Trinajstić information content (AvgIpc) is 3.27. The summed E-state index contributed by atoms with van der Waals surface area (Å²) in [5.41, 5.74) is -1.56. The summed E-state index contributed by atoms with van der Waals surface area (Å²) < 4.78 is 94.4. The molecule has 0 spiro atoms. The van der Waals surface area contributed by atoms with Crippen molar-refractivity contribution in [1.82, 2.24) is 0 Å². The largest absolute Gasteiger partial charge is 0.463 e. The van der Waals surface area contributed by atoms with Gasteiger partial charge in [-0.2, -0.15) is 26.3 Å². The van der Waals surface area contributed by atoms with Crippen LogP contribution in [0.5, 0.6) is 5.75 Å².